The smallest absolute Gasteiger partial charge is 0.335 e. The van der Waals surface area contributed by atoms with Gasteiger partial charge in [-0.3, -0.25) is 0 Å². The fourth-order valence-corrected chi connectivity index (χ4v) is 3.67. The monoisotopic (exact) mass is 523 g/mol. The van der Waals surface area contributed by atoms with E-state index in [1.807, 2.05) is 42.5 Å². The van der Waals surface area contributed by atoms with Gasteiger partial charge in [-0.25, -0.2) is 4.79 Å². The topological polar surface area (TPSA) is 67.8 Å². The summed E-state index contributed by atoms with van der Waals surface area (Å²) in [6.45, 7) is 0.927. The van der Waals surface area contributed by atoms with Crippen LogP contribution in [-0.2, 0) is 13.2 Å². The lowest BCUT2D eigenvalue weighted by molar-refractivity contribution is 0.0697. The van der Waals surface area contributed by atoms with Gasteiger partial charge in [0.1, 0.15) is 6.61 Å². The average molecular weight is 524 g/mol. The molecule has 0 saturated carbocycles. The number of halogens is 2. The number of aromatic carboxylic acids is 1. The molecule has 3 rings (SSSR count). The van der Waals surface area contributed by atoms with Crippen molar-refractivity contribution in [2.75, 3.05) is 12.4 Å². The molecule has 3 aromatic rings. The van der Waals surface area contributed by atoms with Gasteiger partial charge < -0.3 is 19.9 Å². The van der Waals surface area contributed by atoms with E-state index < -0.39 is 5.97 Å². The Kier molecular flexibility index (Phi) is 7.22. The highest BCUT2D eigenvalue weighted by molar-refractivity contribution is 14.1. The Morgan fingerprint density at radius 2 is 1.86 bits per heavy atom. The number of ether oxygens (including phenoxy) is 2. The Labute approximate surface area is 187 Å². The van der Waals surface area contributed by atoms with E-state index in [1.165, 1.54) is 0 Å². The van der Waals surface area contributed by atoms with Crippen molar-refractivity contribution in [2.24, 2.45) is 0 Å². The summed E-state index contributed by atoms with van der Waals surface area (Å²) in [5.41, 5.74) is 2.98. The van der Waals surface area contributed by atoms with Gasteiger partial charge in [-0.2, -0.15) is 0 Å². The van der Waals surface area contributed by atoms with Gasteiger partial charge >= 0.3 is 5.97 Å². The lowest BCUT2D eigenvalue weighted by atomic mass is 10.1. The first-order valence-corrected chi connectivity index (χ1v) is 10.2. The first-order valence-electron chi connectivity index (χ1n) is 8.77. The highest BCUT2D eigenvalue weighted by Gasteiger charge is 2.12. The van der Waals surface area contributed by atoms with E-state index in [4.69, 9.17) is 26.2 Å². The molecule has 5 nitrogen and oxygen atoms in total. The summed E-state index contributed by atoms with van der Waals surface area (Å²) in [4.78, 5) is 11.1. The molecule has 0 amide bonds. The molecule has 0 spiro atoms. The number of rotatable bonds is 8. The Bertz CT molecular complexity index is 1010. The Hall–Kier alpha value is -2.45. The minimum Gasteiger partial charge on any atom is -0.493 e. The number of hydrogen-bond donors (Lipinski definition) is 2. The fraction of sp³-hybridized carbons (Fsp3) is 0.136. The standard InChI is InChI=1S/C22H19ClINO4/c1-28-20-10-15(12-25-18-4-2-3-16(11-18)22(26)27)9-19(24)21(20)29-13-14-5-7-17(23)8-6-14/h2-11,25H,12-13H2,1H3,(H,26,27). The first kappa shape index (κ1) is 21.3. The predicted molar refractivity (Wildman–Crippen MR) is 122 cm³/mol. The van der Waals surface area contributed by atoms with Crippen LogP contribution in [0.15, 0.2) is 60.7 Å². The molecule has 0 unspecified atom stereocenters. The van der Waals surface area contributed by atoms with Crippen LogP contribution in [0.5, 0.6) is 11.5 Å². The normalized spacial score (nSPS) is 10.4. The van der Waals surface area contributed by atoms with E-state index in [0.717, 1.165) is 20.4 Å². The van der Waals surface area contributed by atoms with Crippen molar-refractivity contribution in [1.82, 2.24) is 0 Å². The molecule has 0 aromatic heterocycles. The molecule has 0 aliphatic rings. The second kappa shape index (κ2) is 9.84. The van der Waals surface area contributed by atoms with E-state index in [1.54, 1.807) is 25.3 Å². The van der Waals surface area contributed by atoms with E-state index in [2.05, 4.69) is 27.9 Å². The molecule has 150 valence electrons. The number of carboxylic acids is 1. The molecule has 29 heavy (non-hydrogen) atoms. The largest absolute Gasteiger partial charge is 0.493 e. The summed E-state index contributed by atoms with van der Waals surface area (Å²) in [6, 6.07) is 18.1. The quantitative estimate of drug-likeness (QED) is 0.363. The molecule has 0 aliphatic carbocycles. The molecule has 0 heterocycles. The number of hydrogen-bond acceptors (Lipinski definition) is 4. The van der Waals surface area contributed by atoms with Gasteiger partial charge in [-0.15, -0.1) is 0 Å². The van der Waals surface area contributed by atoms with Gasteiger partial charge in [0.2, 0.25) is 0 Å². The lowest BCUT2D eigenvalue weighted by Gasteiger charge is -2.15. The molecular formula is C22H19ClINO4. The average Bonchev–Trinajstić information content (AvgIpc) is 2.72. The predicted octanol–water partition coefficient (Wildman–Crippen LogP) is 5.84. The Morgan fingerprint density at radius 1 is 1.10 bits per heavy atom. The highest BCUT2D eigenvalue weighted by Crippen LogP contribution is 2.35. The van der Waals surface area contributed by atoms with Crippen molar-refractivity contribution in [3.8, 4) is 11.5 Å². The molecule has 0 bridgehead atoms. The van der Waals surface area contributed by atoms with Crippen LogP contribution in [0.3, 0.4) is 0 Å². The van der Waals surface area contributed by atoms with Crippen LogP contribution in [0.1, 0.15) is 21.5 Å². The molecule has 0 aliphatic heterocycles. The first-order chi connectivity index (χ1) is 14.0. The maximum atomic E-state index is 11.1. The number of carbonyl (C=O) groups is 1. The zero-order valence-electron chi connectivity index (χ0n) is 15.6. The summed E-state index contributed by atoms with van der Waals surface area (Å²) in [5, 5.41) is 13.0. The van der Waals surface area contributed by atoms with Crippen molar-refractivity contribution >= 4 is 45.8 Å². The zero-order chi connectivity index (χ0) is 20.8. The maximum Gasteiger partial charge on any atom is 0.335 e. The highest BCUT2D eigenvalue weighted by atomic mass is 127. The van der Waals surface area contributed by atoms with E-state index in [-0.39, 0.29) is 5.56 Å². The van der Waals surface area contributed by atoms with E-state index in [9.17, 15) is 4.79 Å². The minimum absolute atomic E-state index is 0.244. The molecule has 0 saturated heterocycles. The van der Waals surface area contributed by atoms with Crippen molar-refractivity contribution in [1.29, 1.82) is 0 Å². The number of methoxy groups -OCH3 is 1. The SMILES string of the molecule is COc1cc(CNc2cccc(C(=O)O)c2)cc(I)c1OCc1ccc(Cl)cc1. The second-order valence-electron chi connectivity index (χ2n) is 6.26. The zero-order valence-corrected chi connectivity index (χ0v) is 18.5. The summed E-state index contributed by atoms with van der Waals surface area (Å²) in [7, 11) is 1.61. The van der Waals surface area contributed by atoms with Gasteiger partial charge in [0.05, 0.1) is 16.2 Å². The summed E-state index contributed by atoms with van der Waals surface area (Å²) < 4.78 is 12.4. The Morgan fingerprint density at radius 3 is 2.55 bits per heavy atom. The molecule has 0 atom stereocenters. The second-order valence-corrected chi connectivity index (χ2v) is 7.86. The third kappa shape index (κ3) is 5.77. The van der Waals surface area contributed by atoms with Crippen molar-refractivity contribution in [2.45, 2.75) is 13.2 Å². The van der Waals surface area contributed by atoms with E-state index in [0.29, 0.717) is 29.7 Å². The number of carboxylic acid groups (broad SMARTS) is 1. The van der Waals surface area contributed by atoms with Gasteiger partial charge in [0.25, 0.3) is 0 Å². The molecule has 2 N–H and O–H groups in total. The van der Waals surface area contributed by atoms with Gasteiger partial charge in [0, 0.05) is 17.3 Å². The molecule has 7 heteroatoms. The van der Waals surface area contributed by atoms with E-state index >= 15 is 0 Å². The van der Waals surface area contributed by atoms with Gasteiger partial charge in [0.15, 0.2) is 11.5 Å². The Balaban J connectivity index is 1.71. The molecular weight excluding hydrogens is 505 g/mol. The van der Waals surface area contributed by atoms with Crippen LogP contribution < -0.4 is 14.8 Å². The van der Waals surface area contributed by atoms with Crippen LogP contribution in [-0.4, -0.2) is 18.2 Å². The summed E-state index contributed by atoms with van der Waals surface area (Å²) >= 11 is 8.14. The third-order valence-electron chi connectivity index (χ3n) is 4.19. The number of anilines is 1. The van der Waals surface area contributed by atoms with Crippen LogP contribution >= 0.6 is 34.2 Å². The van der Waals surface area contributed by atoms with Crippen LogP contribution in [0.4, 0.5) is 5.69 Å². The van der Waals surface area contributed by atoms with Gasteiger partial charge in [-0.05, 0) is 76.2 Å². The fourth-order valence-electron chi connectivity index (χ4n) is 2.72. The summed E-state index contributed by atoms with van der Waals surface area (Å²) in [5.74, 6) is 0.369. The number of benzene rings is 3. The van der Waals surface area contributed by atoms with Crippen molar-refractivity contribution < 1.29 is 19.4 Å². The van der Waals surface area contributed by atoms with Crippen LogP contribution in [0.25, 0.3) is 0 Å². The lowest BCUT2D eigenvalue weighted by Crippen LogP contribution is -2.04. The van der Waals surface area contributed by atoms with Crippen LogP contribution in [0.2, 0.25) is 5.02 Å². The van der Waals surface area contributed by atoms with Crippen LogP contribution in [0, 0.1) is 3.57 Å². The molecule has 0 radical (unpaired) electrons. The third-order valence-corrected chi connectivity index (χ3v) is 5.25. The minimum atomic E-state index is -0.952. The number of nitrogens with one attached hydrogen (secondary N) is 1. The molecule has 0 fully saturated rings. The van der Waals surface area contributed by atoms with Gasteiger partial charge in [-0.1, -0.05) is 29.8 Å². The van der Waals surface area contributed by atoms with Crippen molar-refractivity contribution in [3.05, 3.63) is 85.9 Å². The maximum absolute atomic E-state index is 11.1. The molecule has 3 aromatic carbocycles. The summed E-state index contributed by atoms with van der Waals surface area (Å²) in [6.07, 6.45) is 0. The van der Waals surface area contributed by atoms with Crippen molar-refractivity contribution in [3.63, 3.8) is 0 Å².